The van der Waals surface area contributed by atoms with Crippen LogP contribution in [0.2, 0.25) is 0 Å². The number of hydrogen-bond acceptors (Lipinski definition) is 4. The van der Waals surface area contributed by atoms with Crippen LogP contribution < -0.4 is 5.32 Å². The number of halogens is 1. The van der Waals surface area contributed by atoms with Crippen LogP contribution in [0.5, 0.6) is 0 Å². The monoisotopic (exact) mass is 388 g/mol. The van der Waals surface area contributed by atoms with E-state index in [1.165, 1.54) is 12.8 Å². The van der Waals surface area contributed by atoms with E-state index < -0.39 is 5.60 Å². The summed E-state index contributed by atoms with van der Waals surface area (Å²) in [6, 6.07) is 10.9. The molecule has 24 heavy (non-hydrogen) atoms. The third-order valence-electron chi connectivity index (χ3n) is 4.47. The SMILES string of the molecule is O=C(Nc1ccc(C2CC2)nn1)N1CC(O)(c2cccc(Br)c2)C1. The smallest absolute Gasteiger partial charge is 0.323 e. The van der Waals surface area contributed by atoms with Crippen molar-refractivity contribution in [1.82, 2.24) is 15.1 Å². The van der Waals surface area contributed by atoms with E-state index in [9.17, 15) is 9.90 Å². The van der Waals surface area contributed by atoms with Crippen molar-refractivity contribution in [1.29, 1.82) is 0 Å². The van der Waals surface area contributed by atoms with Crippen LogP contribution in [0.3, 0.4) is 0 Å². The molecule has 2 aromatic rings. The highest BCUT2D eigenvalue weighted by Gasteiger charge is 2.45. The maximum Gasteiger partial charge on any atom is 0.323 e. The Kier molecular flexibility index (Phi) is 3.77. The van der Waals surface area contributed by atoms with Crippen LogP contribution in [-0.4, -0.2) is 39.3 Å². The molecule has 0 spiro atoms. The van der Waals surface area contributed by atoms with Crippen molar-refractivity contribution in [3.05, 3.63) is 52.1 Å². The van der Waals surface area contributed by atoms with Crippen LogP contribution in [0.25, 0.3) is 0 Å². The summed E-state index contributed by atoms with van der Waals surface area (Å²) in [5, 5.41) is 21.5. The molecule has 1 saturated heterocycles. The van der Waals surface area contributed by atoms with Gasteiger partial charge in [0, 0.05) is 10.4 Å². The molecule has 2 aliphatic rings. The number of aliphatic hydroxyl groups is 1. The Morgan fingerprint density at radius 1 is 1.25 bits per heavy atom. The number of carbonyl (C=O) groups excluding carboxylic acids is 1. The van der Waals surface area contributed by atoms with Crippen LogP contribution in [0.15, 0.2) is 40.9 Å². The molecule has 0 radical (unpaired) electrons. The number of nitrogens with zero attached hydrogens (tertiary/aromatic N) is 3. The molecule has 2 heterocycles. The van der Waals surface area contributed by atoms with E-state index in [-0.39, 0.29) is 19.1 Å². The highest BCUT2D eigenvalue weighted by Crippen LogP contribution is 2.38. The standard InChI is InChI=1S/C17H17BrN4O2/c18-13-3-1-2-12(8-13)17(24)9-22(10-17)16(23)19-15-7-6-14(20-21-15)11-4-5-11/h1-3,6-8,11,24H,4-5,9-10H2,(H,19,21,23). The first-order chi connectivity index (χ1) is 11.5. The van der Waals surface area contributed by atoms with Gasteiger partial charge in [0.15, 0.2) is 5.82 Å². The van der Waals surface area contributed by atoms with Crippen molar-refractivity contribution in [2.24, 2.45) is 0 Å². The second-order valence-corrected chi connectivity index (χ2v) is 7.36. The lowest BCUT2D eigenvalue weighted by Gasteiger charge is -2.46. The van der Waals surface area contributed by atoms with Gasteiger partial charge in [0.25, 0.3) is 0 Å². The van der Waals surface area contributed by atoms with Gasteiger partial charge in [-0.1, -0.05) is 28.1 Å². The summed E-state index contributed by atoms with van der Waals surface area (Å²) in [5.41, 5.74) is 0.790. The summed E-state index contributed by atoms with van der Waals surface area (Å²) < 4.78 is 0.905. The largest absolute Gasteiger partial charge is 0.381 e. The molecule has 6 nitrogen and oxygen atoms in total. The van der Waals surface area contributed by atoms with Gasteiger partial charge >= 0.3 is 6.03 Å². The summed E-state index contributed by atoms with van der Waals surface area (Å²) >= 11 is 3.40. The summed E-state index contributed by atoms with van der Waals surface area (Å²) in [6.45, 7) is 0.506. The Balaban J connectivity index is 1.36. The van der Waals surface area contributed by atoms with E-state index in [0.717, 1.165) is 15.7 Å². The average molecular weight is 389 g/mol. The van der Waals surface area contributed by atoms with Crippen molar-refractivity contribution >= 4 is 27.8 Å². The number of amides is 2. The highest BCUT2D eigenvalue weighted by atomic mass is 79.9. The molecule has 2 fully saturated rings. The number of β-amino-alcohol motifs (C(OH)–C–C–N with tert-alkyl or cyclic N) is 1. The van der Waals surface area contributed by atoms with Crippen LogP contribution in [0.4, 0.5) is 10.6 Å². The number of hydrogen-bond donors (Lipinski definition) is 2. The number of anilines is 1. The molecule has 1 aromatic heterocycles. The Morgan fingerprint density at radius 3 is 2.67 bits per heavy atom. The van der Waals surface area contributed by atoms with Gasteiger partial charge in [-0.15, -0.1) is 5.10 Å². The predicted molar refractivity (Wildman–Crippen MR) is 92.6 cm³/mol. The lowest BCUT2D eigenvalue weighted by atomic mass is 9.86. The molecule has 1 aliphatic heterocycles. The Hall–Kier alpha value is -1.99. The van der Waals surface area contributed by atoms with Gasteiger partial charge in [0.1, 0.15) is 5.60 Å². The summed E-state index contributed by atoms with van der Waals surface area (Å²) in [6.07, 6.45) is 2.34. The summed E-state index contributed by atoms with van der Waals surface area (Å²) in [7, 11) is 0. The van der Waals surface area contributed by atoms with E-state index in [1.54, 1.807) is 11.0 Å². The minimum atomic E-state index is -0.997. The number of urea groups is 1. The van der Waals surface area contributed by atoms with E-state index >= 15 is 0 Å². The number of carbonyl (C=O) groups is 1. The minimum absolute atomic E-state index is 0.253. The van der Waals surface area contributed by atoms with E-state index in [0.29, 0.717) is 11.7 Å². The maximum absolute atomic E-state index is 12.2. The van der Waals surface area contributed by atoms with Gasteiger partial charge in [-0.2, -0.15) is 5.10 Å². The van der Waals surface area contributed by atoms with Crippen LogP contribution >= 0.6 is 15.9 Å². The van der Waals surface area contributed by atoms with Gasteiger partial charge in [-0.3, -0.25) is 5.32 Å². The van der Waals surface area contributed by atoms with Crippen LogP contribution in [0.1, 0.15) is 30.0 Å². The Morgan fingerprint density at radius 2 is 2.04 bits per heavy atom. The van der Waals surface area contributed by atoms with E-state index in [4.69, 9.17) is 0 Å². The molecule has 0 atom stereocenters. The maximum atomic E-state index is 12.2. The second kappa shape index (κ2) is 5.82. The van der Waals surface area contributed by atoms with Crippen molar-refractivity contribution in [3.63, 3.8) is 0 Å². The molecule has 0 bridgehead atoms. The zero-order valence-corrected chi connectivity index (χ0v) is 14.5. The summed E-state index contributed by atoms with van der Waals surface area (Å²) in [4.78, 5) is 13.8. The zero-order valence-electron chi connectivity index (χ0n) is 12.9. The average Bonchev–Trinajstić information content (AvgIpc) is 3.37. The second-order valence-electron chi connectivity index (χ2n) is 6.45. The molecular weight excluding hydrogens is 372 g/mol. The van der Waals surface area contributed by atoms with Crippen molar-refractivity contribution < 1.29 is 9.90 Å². The van der Waals surface area contributed by atoms with Crippen LogP contribution in [0, 0.1) is 0 Å². The third kappa shape index (κ3) is 3.01. The minimum Gasteiger partial charge on any atom is -0.381 e. The zero-order chi connectivity index (χ0) is 16.7. The number of aromatic nitrogens is 2. The van der Waals surface area contributed by atoms with Crippen molar-refractivity contribution in [2.75, 3.05) is 18.4 Å². The fourth-order valence-electron chi connectivity index (χ4n) is 2.88. The fourth-order valence-corrected chi connectivity index (χ4v) is 3.28. The molecule has 2 amide bonds. The number of nitrogens with one attached hydrogen (secondary N) is 1. The predicted octanol–water partition coefficient (Wildman–Crippen LogP) is 2.85. The third-order valence-corrected chi connectivity index (χ3v) is 4.96. The number of rotatable bonds is 3. The topological polar surface area (TPSA) is 78.4 Å². The molecular formula is C17H17BrN4O2. The molecule has 7 heteroatoms. The first-order valence-corrected chi connectivity index (χ1v) is 8.71. The van der Waals surface area contributed by atoms with Gasteiger partial charge in [-0.25, -0.2) is 4.79 Å². The highest BCUT2D eigenvalue weighted by molar-refractivity contribution is 9.10. The Bertz CT molecular complexity index is 770. The van der Waals surface area contributed by atoms with Crippen molar-refractivity contribution in [3.8, 4) is 0 Å². The molecule has 0 unspecified atom stereocenters. The summed E-state index contributed by atoms with van der Waals surface area (Å²) in [5.74, 6) is 0.972. The molecule has 1 aromatic carbocycles. The fraction of sp³-hybridized carbons (Fsp3) is 0.353. The number of likely N-dealkylation sites (tertiary alicyclic amines) is 1. The van der Waals surface area contributed by atoms with Crippen LogP contribution in [-0.2, 0) is 5.60 Å². The lowest BCUT2D eigenvalue weighted by Crippen LogP contribution is -2.62. The van der Waals surface area contributed by atoms with Crippen molar-refractivity contribution in [2.45, 2.75) is 24.4 Å². The molecule has 2 N–H and O–H groups in total. The van der Waals surface area contributed by atoms with Gasteiger partial charge in [0.05, 0.1) is 18.8 Å². The molecule has 1 aliphatic carbocycles. The first kappa shape index (κ1) is 15.5. The normalized spacial score (nSPS) is 18.8. The molecule has 4 rings (SSSR count). The number of benzene rings is 1. The quantitative estimate of drug-likeness (QED) is 0.846. The van der Waals surface area contributed by atoms with Gasteiger partial charge in [-0.05, 0) is 42.7 Å². The van der Waals surface area contributed by atoms with E-state index in [2.05, 4.69) is 31.4 Å². The van der Waals surface area contributed by atoms with Gasteiger partial charge in [0.2, 0.25) is 0 Å². The van der Waals surface area contributed by atoms with Gasteiger partial charge < -0.3 is 10.0 Å². The molecule has 124 valence electrons. The van der Waals surface area contributed by atoms with E-state index in [1.807, 2.05) is 30.3 Å². The Labute approximate surface area is 148 Å². The molecule has 1 saturated carbocycles. The first-order valence-electron chi connectivity index (χ1n) is 7.91. The lowest BCUT2D eigenvalue weighted by molar-refractivity contribution is -0.0793.